The van der Waals surface area contributed by atoms with E-state index in [4.69, 9.17) is 0 Å². The monoisotopic (exact) mass is 287 g/mol. The number of amides is 2. The fraction of sp³-hybridized carbons (Fsp3) is 0.647. The van der Waals surface area contributed by atoms with Crippen molar-refractivity contribution in [3.8, 4) is 0 Å². The number of likely N-dealkylation sites (tertiary alicyclic amines) is 1. The van der Waals surface area contributed by atoms with E-state index in [-0.39, 0.29) is 6.03 Å². The molecule has 1 N–H and O–H groups in total. The van der Waals surface area contributed by atoms with Crippen LogP contribution in [0.25, 0.3) is 0 Å². The van der Waals surface area contributed by atoms with Crippen LogP contribution in [0.3, 0.4) is 0 Å². The van der Waals surface area contributed by atoms with Gasteiger partial charge in [-0.2, -0.15) is 0 Å². The van der Waals surface area contributed by atoms with E-state index in [1.54, 1.807) is 0 Å². The first-order valence-corrected chi connectivity index (χ1v) is 8.12. The first-order chi connectivity index (χ1) is 10.2. The maximum absolute atomic E-state index is 12.1. The van der Waals surface area contributed by atoms with E-state index in [0.29, 0.717) is 17.3 Å². The largest absolute Gasteiger partial charge is 0.338 e. The molecule has 2 aliphatic rings. The third-order valence-electron chi connectivity index (χ3n) is 5.54. The van der Waals surface area contributed by atoms with Crippen LogP contribution in [0.4, 0.5) is 4.79 Å². The van der Waals surface area contributed by atoms with E-state index in [1.165, 1.54) is 19.3 Å². The van der Waals surface area contributed by atoms with Crippen LogP contribution in [0, 0.1) is 11.3 Å². The molecule has 1 aliphatic carbocycles. The van der Waals surface area contributed by atoms with Gasteiger partial charge in [-0.3, -0.25) is 4.98 Å². The standard InChI is InChI=1S/C17H25N3O/c1-3-17(4-2)9-14(17)10-19-16(21)20-11-13(12-20)15-7-5-6-8-18-15/h5-8,13-14H,3-4,9-12H2,1-2H3,(H,19,21)/t14-/m1/s1. The Balaban J connectivity index is 1.41. The summed E-state index contributed by atoms with van der Waals surface area (Å²) in [5.74, 6) is 1.09. The number of urea groups is 1. The highest BCUT2D eigenvalue weighted by atomic mass is 16.2. The Morgan fingerprint density at radius 3 is 2.71 bits per heavy atom. The predicted molar refractivity (Wildman–Crippen MR) is 83.1 cm³/mol. The molecule has 1 aliphatic heterocycles. The number of hydrogen-bond donors (Lipinski definition) is 1. The molecule has 2 amide bonds. The van der Waals surface area contributed by atoms with E-state index >= 15 is 0 Å². The summed E-state index contributed by atoms with van der Waals surface area (Å²) in [4.78, 5) is 18.4. The summed E-state index contributed by atoms with van der Waals surface area (Å²) in [6.07, 6.45) is 5.56. The summed E-state index contributed by atoms with van der Waals surface area (Å²) in [5.41, 5.74) is 1.61. The first kappa shape index (κ1) is 14.4. The van der Waals surface area contributed by atoms with Crippen molar-refractivity contribution in [2.24, 2.45) is 11.3 Å². The van der Waals surface area contributed by atoms with E-state index in [1.807, 2.05) is 29.3 Å². The van der Waals surface area contributed by atoms with E-state index in [9.17, 15) is 4.79 Å². The number of nitrogens with one attached hydrogen (secondary N) is 1. The lowest BCUT2D eigenvalue weighted by Gasteiger charge is -2.38. The van der Waals surface area contributed by atoms with Gasteiger partial charge >= 0.3 is 6.03 Å². The average molecular weight is 287 g/mol. The lowest BCUT2D eigenvalue weighted by molar-refractivity contribution is 0.149. The van der Waals surface area contributed by atoms with Crippen molar-refractivity contribution in [3.05, 3.63) is 30.1 Å². The molecule has 0 spiro atoms. The van der Waals surface area contributed by atoms with Crippen LogP contribution < -0.4 is 5.32 Å². The van der Waals surface area contributed by atoms with Crippen molar-refractivity contribution in [1.82, 2.24) is 15.2 Å². The highest BCUT2D eigenvalue weighted by molar-refractivity contribution is 5.75. The third kappa shape index (κ3) is 2.76. The number of rotatable bonds is 5. The molecule has 2 heterocycles. The highest BCUT2D eigenvalue weighted by Gasteiger charge is 2.50. The van der Waals surface area contributed by atoms with Crippen LogP contribution in [0.5, 0.6) is 0 Å². The zero-order chi connectivity index (χ0) is 14.9. The minimum absolute atomic E-state index is 0.0928. The normalized spacial score (nSPS) is 23.5. The summed E-state index contributed by atoms with van der Waals surface area (Å²) >= 11 is 0. The van der Waals surface area contributed by atoms with Gasteiger partial charge in [0.25, 0.3) is 0 Å². The zero-order valence-electron chi connectivity index (χ0n) is 13.0. The van der Waals surface area contributed by atoms with Gasteiger partial charge in [0.1, 0.15) is 0 Å². The molecule has 21 heavy (non-hydrogen) atoms. The molecule has 1 aromatic heterocycles. The summed E-state index contributed by atoms with van der Waals surface area (Å²) in [6.45, 7) is 6.95. The smallest absolute Gasteiger partial charge is 0.317 e. The molecule has 114 valence electrons. The van der Waals surface area contributed by atoms with Gasteiger partial charge < -0.3 is 10.2 Å². The number of nitrogens with zero attached hydrogens (tertiary/aromatic N) is 2. The number of hydrogen-bond acceptors (Lipinski definition) is 2. The van der Waals surface area contributed by atoms with Gasteiger partial charge in [0, 0.05) is 37.4 Å². The molecule has 0 bridgehead atoms. The Bertz CT molecular complexity index is 492. The molecule has 1 aromatic rings. The Morgan fingerprint density at radius 1 is 1.38 bits per heavy atom. The second kappa shape index (κ2) is 5.66. The minimum Gasteiger partial charge on any atom is -0.338 e. The molecule has 0 radical (unpaired) electrons. The minimum atomic E-state index is 0.0928. The maximum Gasteiger partial charge on any atom is 0.317 e. The number of carbonyl (C=O) groups excluding carboxylic acids is 1. The summed E-state index contributed by atoms with van der Waals surface area (Å²) in [5, 5.41) is 3.11. The van der Waals surface area contributed by atoms with Crippen LogP contribution in [0.2, 0.25) is 0 Å². The van der Waals surface area contributed by atoms with Gasteiger partial charge in [-0.05, 0) is 29.9 Å². The topological polar surface area (TPSA) is 45.2 Å². The Morgan fingerprint density at radius 2 is 2.14 bits per heavy atom. The second-order valence-corrected chi connectivity index (χ2v) is 6.51. The first-order valence-electron chi connectivity index (χ1n) is 8.12. The van der Waals surface area contributed by atoms with Crippen LogP contribution in [-0.4, -0.2) is 35.5 Å². The zero-order valence-corrected chi connectivity index (χ0v) is 13.0. The molecule has 4 nitrogen and oxygen atoms in total. The van der Waals surface area contributed by atoms with Crippen LogP contribution in [0.15, 0.2) is 24.4 Å². The van der Waals surface area contributed by atoms with Crippen molar-refractivity contribution < 1.29 is 4.79 Å². The van der Waals surface area contributed by atoms with Crippen molar-refractivity contribution in [1.29, 1.82) is 0 Å². The molecule has 2 fully saturated rings. The maximum atomic E-state index is 12.1. The van der Waals surface area contributed by atoms with Gasteiger partial charge in [0.2, 0.25) is 0 Å². The van der Waals surface area contributed by atoms with E-state index in [2.05, 4.69) is 24.1 Å². The predicted octanol–water partition coefficient (Wildman–Crippen LogP) is 3.02. The number of aromatic nitrogens is 1. The molecule has 1 saturated carbocycles. The fourth-order valence-corrected chi connectivity index (χ4v) is 3.61. The van der Waals surface area contributed by atoms with Gasteiger partial charge in [0.15, 0.2) is 0 Å². The molecular formula is C17H25N3O. The highest BCUT2D eigenvalue weighted by Crippen LogP contribution is 2.57. The molecule has 0 aromatic carbocycles. The van der Waals surface area contributed by atoms with Crippen LogP contribution >= 0.6 is 0 Å². The molecule has 0 unspecified atom stereocenters. The van der Waals surface area contributed by atoms with Crippen molar-refractivity contribution in [2.45, 2.75) is 39.0 Å². The molecule has 1 saturated heterocycles. The molecule has 3 rings (SSSR count). The van der Waals surface area contributed by atoms with Gasteiger partial charge in [0.05, 0.1) is 0 Å². The fourth-order valence-electron chi connectivity index (χ4n) is 3.61. The van der Waals surface area contributed by atoms with Crippen molar-refractivity contribution in [2.75, 3.05) is 19.6 Å². The lowest BCUT2D eigenvalue weighted by atomic mass is 9.96. The second-order valence-electron chi connectivity index (χ2n) is 6.51. The van der Waals surface area contributed by atoms with Crippen molar-refractivity contribution >= 4 is 6.03 Å². The Labute approximate surface area is 126 Å². The van der Waals surface area contributed by atoms with Gasteiger partial charge in [-0.15, -0.1) is 0 Å². The van der Waals surface area contributed by atoms with Gasteiger partial charge in [-0.25, -0.2) is 4.79 Å². The van der Waals surface area contributed by atoms with E-state index < -0.39 is 0 Å². The number of carbonyl (C=O) groups is 1. The van der Waals surface area contributed by atoms with Crippen molar-refractivity contribution in [3.63, 3.8) is 0 Å². The molecule has 1 atom stereocenters. The summed E-state index contributed by atoms with van der Waals surface area (Å²) < 4.78 is 0. The number of pyridine rings is 1. The van der Waals surface area contributed by atoms with Crippen LogP contribution in [-0.2, 0) is 0 Å². The Kier molecular flexibility index (Phi) is 3.87. The van der Waals surface area contributed by atoms with Gasteiger partial charge in [-0.1, -0.05) is 32.8 Å². The lowest BCUT2D eigenvalue weighted by Crippen LogP contribution is -2.53. The third-order valence-corrected chi connectivity index (χ3v) is 5.54. The Hall–Kier alpha value is -1.58. The molecule has 4 heteroatoms. The van der Waals surface area contributed by atoms with Crippen LogP contribution in [0.1, 0.15) is 44.7 Å². The summed E-state index contributed by atoms with van der Waals surface area (Å²) in [6, 6.07) is 6.07. The summed E-state index contributed by atoms with van der Waals surface area (Å²) in [7, 11) is 0. The SMILES string of the molecule is CCC1(CC)C[C@@H]1CNC(=O)N1CC(c2ccccn2)C1. The molecular weight excluding hydrogens is 262 g/mol. The van der Waals surface area contributed by atoms with E-state index in [0.717, 1.165) is 25.3 Å². The quantitative estimate of drug-likeness (QED) is 0.904. The average Bonchev–Trinajstić information content (AvgIpc) is 3.19.